The van der Waals surface area contributed by atoms with Crippen molar-refractivity contribution in [3.63, 3.8) is 0 Å². The van der Waals surface area contributed by atoms with E-state index in [1.807, 2.05) is 26.8 Å². The van der Waals surface area contributed by atoms with Crippen LogP contribution in [0.4, 0.5) is 10.6 Å². The number of nitrogens with zero attached hydrogens (tertiary/aromatic N) is 5. The zero-order chi connectivity index (χ0) is 22.1. The molecule has 0 saturated carbocycles. The summed E-state index contributed by atoms with van der Waals surface area (Å²) in [5.41, 5.74) is 0.0470. The Morgan fingerprint density at radius 3 is 2.30 bits per heavy atom. The number of imide groups is 1. The number of anilines is 1. The minimum absolute atomic E-state index is 0.206. The average molecular weight is 417 g/mol. The second-order valence-electron chi connectivity index (χ2n) is 8.36. The molecule has 2 fully saturated rings. The lowest BCUT2D eigenvalue weighted by atomic mass is 9.93. The molecule has 0 atom stereocenters. The second kappa shape index (κ2) is 8.57. The monoisotopic (exact) mass is 416 g/mol. The van der Waals surface area contributed by atoms with Gasteiger partial charge in [-0.25, -0.2) is 14.8 Å². The molecule has 30 heavy (non-hydrogen) atoms. The number of urea groups is 1. The van der Waals surface area contributed by atoms with Gasteiger partial charge in [0.2, 0.25) is 5.91 Å². The number of aryl methyl sites for hydroxylation is 1. The van der Waals surface area contributed by atoms with E-state index in [-0.39, 0.29) is 24.3 Å². The molecule has 164 valence electrons. The summed E-state index contributed by atoms with van der Waals surface area (Å²) in [6, 6.07) is 1.49. The Morgan fingerprint density at radius 2 is 1.77 bits per heavy atom. The van der Waals surface area contributed by atoms with Gasteiger partial charge in [-0.05, 0) is 19.8 Å². The van der Waals surface area contributed by atoms with E-state index in [0.29, 0.717) is 39.0 Å². The number of carbonyl (C=O) groups excluding carboxylic acids is 3. The summed E-state index contributed by atoms with van der Waals surface area (Å²) in [5.74, 6) is 1.43. The number of rotatable bonds is 6. The van der Waals surface area contributed by atoms with Crippen LogP contribution in [0.15, 0.2) is 6.07 Å². The highest BCUT2D eigenvalue weighted by Crippen LogP contribution is 2.25. The first-order chi connectivity index (χ1) is 14.2. The average Bonchev–Trinajstić information content (AvgIpc) is 2.98. The Hall–Kier alpha value is -2.71. The van der Waals surface area contributed by atoms with Gasteiger partial charge in [0, 0.05) is 43.9 Å². The Bertz CT molecular complexity index is 828. The first-order valence-electron chi connectivity index (χ1n) is 10.7. The van der Waals surface area contributed by atoms with Crippen LogP contribution in [-0.4, -0.2) is 75.9 Å². The predicted octanol–water partition coefficient (Wildman–Crippen LogP) is 1.67. The van der Waals surface area contributed by atoms with Crippen LogP contribution in [0.25, 0.3) is 0 Å². The highest BCUT2D eigenvalue weighted by Gasteiger charge is 2.49. The van der Waals surface area contributed by atoms with Crippen LogP contribution >= 0.6 is 0 Å². The summed E-state index contributed by atoms with van der Waals surface area (Å²) in [7, 11) is 0. The lowest BCUT2D eigenvalue weighted by molar-refractivity contribution is -0.139. The Morgan fingerprint density at radius 1 is 1.13 bits per heavy atom. The molecule has 1 aromatic rings. The van der Waals surface area contributed by atoms with Crippen molar-refractivity contribution in [2.45, 2.75) is 58.9 Å². The third kappa shape index (κ3) is 4.11. The lowest BCUT2D eigenvalue weighted by Crippen LogP contribution is -2.52. The molecule has 4 amide bonds. The number of amides is 4. The molecule has 1 aromatic heterocycles. The fourth-order valence-corrected chi connectivity index (χ4v) is 3.96. The molecule has 9 heteroatoms. The van der Waals surface area contributed by atoms with Crippen LogP contribution < -0.4 is 10.2 Å². The molecule has 2 saturated heterocycles. The Labute approximate surface area is 177 Å². The standard InChI is InChI=1S/C21H32N6O3/c1-6-21(7-2)19(29)27(20(30)24-21)13-17(28)26-10-8-25(9-11-26)16-12-15(5)22-18(23-16)14(3)4/h12,14H,6-11,13H2,1-5H3,(H,24,30). The zero-order valence-corrected chi connectivity index (χ0v) is 18.6. The fourth-order valence-electron chi connectivity index (χ4n) is 3.96. The third-order valence-corrected chi connectivity index (χ3v) is 6.08. The van der Waals surface area contributed by atoms with Gasteiger partial charge in [-0.2, -0.15) is 0 Å². The topological polar surface area (TPSA) is 98.7 Å². The summed E-state index contributed by atoms with van der Waals surface area (Å²) < 4.78 is 0. The van der Waals surface area contributed by atoms with Gasteiger partial charge in [-0.1, -0.05) is 27.7 Å². The number of carbonyl (C=O) groups is 3. The maximum atomic E-state index is 12.8. The maximum absolute atomic E-state index is 12.8. The largest absolute Gasteiger partial charge is 0.353 e. The van der Waals surface area contributed by atoms with E-state index in [1.165, 1.54) is 0 Å². The molecule has 0 bridgehead atoms. The summed E-state index contributed by atoms with van der Waals surface area (Å²) in [4.78, 5) is 51.9. The molecule has 2 aliphatic heterocycles. The van der Waals surface area contributed by atoms with Gasteiger partial charge < -0.3 is 15.1 Å². The Kier molecular flexibility index (Phi) is 6.28. The number of hydrogen-bond acceptors (Lipinski definition) is 6. The molecule has 0 aromatic carbocycles. The molecule has 0 spiro atoms. The molecule has 3 heterocycles. The third-order valence-electron chi connectivity index (χ3n) is 6.08. The molecule has 3 rings (SSSR count). The quantitative estimate of drug-likeness (QED) is 0.709. The molecule has 0 unspecified atom stereocenters. The maximum Gasteiger partial charge on any atom is 0.325 e. The van der Waals surface area contributed by atoms with Crippen molar-refractivity contribution in [3.8, 4) is 0 Å². The first-order valence-corrected chi connectivity index (χ1v) is 10.7. The van der Waals surface area contributed by atoms with E-state index in [2.05, 4.69) is 34.0 Å². The van der Waals surface area contributed by atoms with E-state index in [1.54, 1.807) is 4.90 Å². The number of aromatic nitrogens is 2. The Balaban J connectivity index is 1.61. The van der Waals surface area contributed by atoms with Crippen molar-refractivity contribution < 1.29 is 14.4 Å². The van der Waals surface area contributed by atoms with Crippen molar-refractivity contribution in [2.75, 3.05) is 37.6 Å². The fraction of sp³-hybridized carbons (Fsp3) is 0.667. The van der Waals surface area contributed by atoms with Gasteiger partial charge in [0.25, 0.3) is 5.91 Å². The van der Waals surface area contributed by atoms with Crippen LogP contribution in [0, 0.1) is 6.92 Å². The highest BCUT2D eigenvalue weighted by molar-refractivity contribution is 6.09. The van der Waals surface area contributed by atoms with Crippen LogP contribution in [0.2, 0.25) is 0 Å². The van der Waals surface area contributed by atoms with Gasteiger partial charge in [-0.3, -0.25) is 14.5 Å². The molecule has 9 nitrogen and oxygen atoms in total. The van der Waals surface area contributed by atoms with Crippen LogP contribution in [-0.2, 0) is 9.59 Å². The van der Waals surface area contributed by atoms with E-state index >= 15 is 0 Å². The minimum Gasteiger partial charge on any atom is -0.353 e. The van der Waals surface area contributed by atoms with E-state index < -0.39 is 11.6 Å². The van der Waals surface area contributed by atoms with Crippen molar-refractivity contribution in [1.82, 2.24) is 25.1 Å². The van der Waals surface area contributed by atoms with Crippen molar-refractivity contribution in [2.24, 2.45) is 0 Å². The summed E-state index contributed by atoms with van der Waals surface area (Å²) in [6.07, 6.45) is 1.02. The van der Waals surface area contributed by atoms with Crippen LogP contribution in [0.5, 0.6) is 0 Å². The molecule has 2 aliphatic rings. The van der Waals surface area contributed by atoms with Gasteiger partial charge in [0.05, 0.1) is 0 Å². The minimum atomic E-state index is -0.880. The normalized spacial score (nSPS) is 18.9. The predicted molar refractivity (Wildman–Crippen MR) is 113 cm³/mol. The molecular weight excluding hydrogens is 384 g/mol. The molecule has 0 aliphatic carbocycles. The van der Waals surface area contributed by atoms with Crippen molar-refractivity contribution in [3.05, 3.63) is 17.6 Å². The van der Waals surface area contributed by atoms with Gasteiger partial charge in [0.1, 0.15) is 23.7 Å². The zero-order valence-electron chi connectivity index (χ0n) is 18.6. The lowest BCUT2D eigenvalue weighted by Gasteiger charge is -2.36. The number of hydrogen-bond donors (Lipinski definition) is 1. The van der Waals surface area contributed by atoms with Gasteiger partial charge >= 0.3 is 6.03 Å². The SMILES string of the molecule is CCC1(CC)NC(=O)N(CC(=O)N2CCN(c3cc(C)nc(C(C)C)n3)CC2)C1=O. The van der Waals surface area contributed by atoms with Crippen LogP contribution in [0.1, 0.15) is 58.0 Å². The number of piperazine rings is 1. The van der Waals surface area contributed by atoms with Gasteiger partial charge in [0.15, 0.2) is 0 Å². The van der Waals surface area contributed by atoms with Crippen molar-refractivity contribution >= 4 is 23.7 Å². The van der Waals surface area contributed by atoms with E-state index in [0.717, 1.165) is 22.2 Å². The first kappa shape index (κ1) is 22.0. The molecular formula is C21H32N6O3. The van der Waals surface area contributed by atoms with E-state index in [4.69, 9.17) is 0 Å². The number of nitrogens with one attached hydrogen (secondary N) is 1. The van der Waals surface area contributed by atoms with Gasteiger partial charge in [-0.15, -0.1) is 0 Å². The van der Waals surface area contributed by atoms with Crippen LogP contribution in [0.3, 0.4) is 0 Å². The van der Waals surface area contributed by atoms with E-state index in [9.17, 15) is 14.4 Å². The van der Waals surface area contributed by atoms with Crippen molar-refractivity contribution in [1.29, 1.82) is 0 Å². The smallest absolute Gasteiger partial charge is 0.325 e. The molecule has 1 N–H and O–H groups in total. The second-order valence-corrected chi connectivity index (χ2v) is 8.36. The summed E-state index contributed by atoms with van der Waals surface area (Å²) in [5, 5.41) is 2.77. The summed E-state index contributed by atoms with van der Waals surface area (Å²) in [6.45, 7) is 12.0. The highest BCUT2D eigenvalue weighted by atomic mass is 16.2. The summed E-state index contributed by atoms with van der Waals surface area (Å²) >= 11 is 0. The molecule has 0 radical (unpaired) electrons.